The fourth-order valence-electron chi connectivity index (χ4n) is 6.64. The molecule has 0 atom stereocenters. The van der Waals surface area contributed by atoms with Gasteiger partial charge in [0.05, 0.1) is 22.4 Å². The van der Waals surface area contributed by atoms with Crippen LogP contribution in [0.25, 0.3) is 88.8 Å². The molecule has 3 aromatic heterocycles. The van der Waals surface area contributed by atoms with E-state index < -0.39 is 0 Å². The van der Waals surface area contributed by atoms with Crippen molar-refractivity contribution in [1.82, 2.24) is 19.1 Å². The molecule has 0 fully saturated rings. The molecule has 0 unspecified atom stereocenters. The highest BCUT2D eigenvalue weighted by Crippen LogP contribution is 2.37. The molecule has 224 valence electrons. The predicted molar refractivity (Wildman–Crippen MR) is 190 cm³/mol. The van der Waals surface area contributed by atoms with Crippen molar-refractivity contribution in [2.75, 3.05) is 0 Å². The molecule has 6 nitrogen and oxygen atoms in total. The molecule has 3 heterocycles. The third-order valence-electron chi connectivity index (χ3n) is 9.20. The molecule has 0 N–H and O–H groups in total. The summed E-state index contributed by atoms with van der Waals surface area (Å²) in [5.41, 5.74) is 10.3. The van der Waals surface area contributed by atoms with Gasteiger partial charge in [0, 0.05) is 46.9 Å². The van der Waals surface area contributed by atoms with Crippen LogP contribution in [0.5, 0.6) is 0 Å². The Labute approximate surface area is 269 Å². The van der Waals surface area contributed by atoms with E-state index in [1.54, 1.807) is 16.2 Å². The first kappa shape index (κ1) is 27.1. The summed E-state index contributed by atoms with van der Waals surface area (Å²) in [5.74, 6) is 0.667. The largest absolute Gasteiger partial charge is 0.455 e. The van der Waals surface area contributed by atoms with Crippen molar-refractivity contribution in [3.8, 4) is 45.0 Å². The van der Waals surface area contributed by atoms with Crippen molar-refractivity contribution >= 4 is 43.7 Å². The lowest BCUT2D eigenvalue weighted by Gasteiger charge is -2.10. The van der Waals surface area contributed by atoms with Gasteiger partial charge in [-0.3, -0.25) is 9.13 Å². The van der Waals surface area contributed by atoms with E-state index in [2.05, 4.69) is 78.9 Å². The van der Waals surface area contributed by atoms with E-state index in [1.807, 2.05) is 61.6 Å². The number of hydrogen-bond acceptors (Lipinski definition) is 4. The Hall–Kier alpha value is -6.27. The van der Waals surface area contributed by atoms with Crippen LogP contribution >= 0.6 is 0 Å². The van der Waals surface area contributed by atoms with Crippen LogP contribution < -0.4 is 5.69 Å². The molecule has 0 saturated carbocycles. The number of fused-ring (bicyclic) bond motifs is 6. The van der Waals surface area contributed by atoms with Crippen molar-refractivity contribution in [2.24, 2.45) is 14.1 Å². The summed E-state index contributed by atoms with van der Waals surface area (Å²) in [6, 6.07) is 45.6. The maximum Gasteiger partial charge on any atom is 0.328 e. The second-order valence-corrected chi connectivity index (χ2v) is 12.0. The lowest BCUT2D eigenvalue weighted by Crippen LogP contribution is -2.19. The number of aryl methyl sites for hydroxylation is 2. The van der Waals surface area contributed by atoms with Gasteiger partial charge >= 0.3 is 5.69 Å². The smallest absolute Gasteiger partial charge is 0.328 e. The standard InChI is InChI=1S/C41H28N4O2/c1-44-36-20-17-29(23-37(36)45(2)41(44)46)25-12-14-27(15-13-25)34-24-35(43-40(42-34)28-9-4-3-5-10-28)30-18-21-38-33(22-30)32-19-16-26-8-6-7-11-31(26)39(32)47-38/h3-24H,1-2H3. The van der Waals surface area contributed by atoms with Gasteiger partial charge in [-0.2, -0.15) is 0 Å². The maximum absolute atomic E-state index is 12.5. The molecule has 0 bridgehead atoms. The molecule has 9 rings (SSSR count). The Bertz CT molecular complexity index is 2720. The monoisotopic (exact) mass is 608 g/mol. The van der Waals surface area contributed by atoms with Gasteiger partial charge in [-0.1, -0.05) is 91.0 Å². The van der Waals surface area contributed by atoms with Crippen LogP contribution in [0.15, 0.2) is 143 Å². The quantitative estimate of drug-likeness (QED) is 0.200. The summed E-state index contributed by atoms with van der Waals surface area (Å²) in [4.78, 5) is 22.6. The number of hydrogen-bond donors (Lipinski definition) is 0. The molecule has 0 aliphatic carbocycles. The topological polar surface area (TPSA) is 65.8 Å². The van der Waals surface area contributed by atoms with Gasteiger partial charge in [0.25, 0.3) is 0 Å². The van der Waals surface area contributed by atoms with Gasteiger partial charge in [0.15, 0.2) is 5.82 Å². The normalized spacial score (nSPS) is 11.7. The first-order chi connectivity index (χ1) is 23.0. The van der Waals surface area contributed by atoms with Gasteiger partial charge in [-0.05, 0) is 59.0 Å². The third-order valence-corrected chi connectivity index (χ3v) is 9.20. The highest BCUT2D eigenvalue weighted by molar-refractivity contribution is 6.15. The van der Waals surface area contributed by atoms with Gasteiger partial charge in [-0.15, -0.1) is 0 Å². The molecule has 0 aliphatic rings. The molecular formula is C41H28N4O2. The Morgan fingerprint density at radius 1 is 0.511 bits per heavy atom. The molecule has 6 heteroatoms. The van der Waals surface area contributed by atoms with Crippen molar-refractivity contribution < 1.29 is 4.42 Å². The van der Waals surface area contributed by atoms with Crippen LogP contribution in [0.2, 0.25) is 0 Å². The minimum absolute atomic E-state index is 0.0325. The maximum atomic E-state index is 12.5. The molecule has 0 radical (unpaired) electrons. The lowest BCUT2D eigenvalue weighted by atomic mass is 10.0. The highest BCUT2D eigenvalue weighted by Gasteiger charge is 2.15. The van der Waals surface area contributed by atoms with Crippen LogP contribution in [0.4, 0.5) is 0 Å². The molecule has 0 aliphatic heterocycles. The zero-order chi connectivity index (χ0) is 31.6. The number of nitrogens with zero attached hydrogens (tertiary/aromatic N) is 4. The second-order valence-electron chi connectivity index (χ2n) is 12.0. The van der Waals surface area contributed by atoms with Crippen molar-refractivity contribution in [3.05, 3.63) is 144 Å². The Balaban J connectivity index is 1.16. The zero-order valence-electron chi connectivity index (χ0n) is 25.8. The van der Waals surface area contributed by atoms with Crippen LogP contribution in [0, 0.1) is 0 Å². The average molecular weight is 609 g/mol. The molecule has 0 saturated heterocycles. The van der Waals surface area contributed by atoms with E-state index in [9.17, 15) is 4.79 Å². The summed E-state index contributed by atoms with van der Waals surface area (Å²) in [6.45, 7) is 0. The summed E-state index contributed by atoms with van der Waals surface area (Å²) in [6.07, 6.45) is 0. The Kier molecular flexibility index (Phi) is 5.99. The summed E-state index contributed by atoms with van der Waals surface area (Å²) < 4.78 is 9.74. The van der Waals surface area contributed by atoms with E-state index in [4.69, 9.17) is 14.4 Å². The van der Waals surface area contributed by atoms with E-state index in [-0.39, 0.29) is 5.69 Å². The number of benzene rings is 6. The second kappa shape index (κ2) is 10.4. The molecule has 9 aromatic rings. The number of imidazole rings is 1. The van der Waals surface area contributed by atoms with E-state index >= 15 is 0 Å². The zero-order valence-corrected chi connectivity index (χ0v) is 25.8. The molecular weight excluding hydrogens is 580 g/mol. The minimum Gasteiger partial charge on any atom is -0.455 e. The fraction of sp³-hybridized carbons (Fsp3) is 0.0488. The van der Waals surface area contributed by atoms with E-state index in [0.717, 1.165) is 82.9 Å². The number of furan rings is 1. The van der Waals surface area contributed by atoms with Gasteiger partial charge in [0.1, 0.15) is 11.2 Å². The van der Waals surface area contributed by atoms with E-state index in [0.29, 0.717) is 5.82 Å². The predicted octanol–water partition coefficient (Wildman–Crippen LogP) is 9.39. The van der Waals surface area contributed by atoms with E-state index in [1.165, 1.54) is 0 Å². The minimum atomic E-state index is -0.0325. The van der Waals surface area contributed by atoms with Crippen LogP contribution in [-0.4, -0.2) is 19.1 Å². The molecule has 47 heavy (non-hydrogen) atoms. The summed E-state index contributed by atoms with van der Waals surface area (Å²) >= 11 is 0. The SMILES string of the molecule is Cn1c(=O)n(C)c2cc(-c3ccc(-c4cc(-c5ccc6oc7c8ccccc8ccc7c6c5)nc(-c5ccccc5)n4)cc3)ccc21. The summed E-state index contributed by atoms with van der Waals surface area (Å²) in [5, 5.41) is 4.41. The van der Waals surface area contributed by atoms with Crippen molar-refractivity contribution in [2.45, 2.75) is 0 Å². The van der Waals surface area contributed by atoms with Crippen molar-refractivity contribution in [1.29, 1.82) is 0 Å². The lowest BCUT2D eigenvalue weighted by molar-refractivity contribution is 0.672. The van der Waals surface area contributed by atoms with Gasteiger partial charge in [-0.25, -0.2) is 14.8 Å². The molecule has 0 amide bonds. The Morgan fingerprint density at radius 2 is 1.19 bits per heavy atom. The number of rotatable bonds is 4. The number of aromatic nitrogens is 4. The van der Waals surface area contributed by atoms with Crippen molar-refractivity contribution in [3.63, 3.8) is 0 Å². The first-order valence-electron chi connectivity index (χ1n) is 15.6. The molecule has 6 aromatic carbocycles. The van der Waals surface area contributed by atoms with Gasteiger partial charge < -0.3 is 4.42 Å². The van der Waals surface area contributed by atoms with Crippen LogP contribution in [0.1, 0.15) is 0 Å². The fourth-order valence-corrected chi connectivity index (χ4v) is 6.64. The molecule has 0 spiro atoms. The first-order valence-corrected chi connectivity index (χ1v) is 15.6. The third kappa shape index (κ3) is 4.37. The average Bonchev–Trinajstić information content (AvgIpc) is 3.62. The van der Waals surface area contributed by atoms with Crippen LogP contribution in [0.3, 0.4) is 0 Å². The highest BCUT2D eigenvalue weighted by atomic mass is 16.3. The Morgan fingerprint density at radius 3 is 2.02 bits per heavy atom. The van der Waals surface area contributed by atoms with Gasteiger partial charge in [0.2, 0.25) is 0 Å². The van der Waals surface area contributed by atoms with Crippen LogP contribution in [-0.2, 0) is 14.1 Å². The summed E-state index contributed by atoms with van der Waals surface area (Å²) in [7, 11) is 3.61.